The fourth-order valence-corrected chi connectivity index (χ4v) is 2.63. The normalized spacial score (nSPS) is 10.8. The van der Waals surface area contributed by atoms with Crippen LogP contribution in [0.1, 0.15) is 5.56 Å². The molecule has 2 aromatic carbocycles. The molecule has 1 amide bonds. The molecule has 2 aromatic rings. The fraction of sp³-hybridized carbons (Fsp3) is 0.111. The maximum atomic E-state index is 12.3. The van der Waals surface area contributed by atoms with Gasteiger partial charge in [0, 0.05) is 10.2 Å². The minimum absolute atomic E-state index is 0.0637. The lowest BCUT2D eigenvalue weighted by Gasteiger charge is -2.10. The summed E-state index contributed by atoms with van der Waals surface area (Å²) < 4.78 is 11.3. The van der Waals surface area contributed by atoms with Crippen LogP contribution in [-0.2, 0) is 4.79 Å². The SMILES string of the molecule is COc1cc(/C=C(/C#N)C(=O)Nc2ccc(Br)cc2)cc(Cl)c1OC. The number of amides is 1. The number of carbonyl (C=O) groups is 1. The lowest BCUT2D eigenvalue weighted by molar-refractivity contribution is -0.112. The number of nitrogens with zero attached hydrogens (tertiary/aromatic N) is 1. The topological polar surface area (TPSA) is 71.3 Å². The van der Waals surface area contributed by atoms with E-state index < -0.39 is 5.91 Å². The number of nitriles is 1. The molecule has 0 atom stereocenters. The predicted octanol–water partition coefficient (Wildman–Crippen LogP) is 4.67. The number of benzene rings is 2. The third kappa shape index (κ3) is 4.75. The zero-order valence-corrected chi connectivity index (χ0v) is 15.8. The molecule has 0 radical (unpaired) electrons. The molecule has 0 aromatic heterocycles. The van der Waals surface area contributed by atoms with Gasteiger partial charge in [-0.2, -0.15) is 5.26 Å². The zero-order valence-electron chi connectivity index (χ0n) is 13.5. The van der Waals surface area contributed by atoms with Crippen LogP contribution in [0.5, 0.6) is 11.5 Å². The lowest BCUT2D eigenvalue weighted by atomic mass is 10.1. The van der Waals surface area contributed by atoms with Crippen molar-refractivity contribution in [3.05, 3.63) is 57.0 Å². The van der Waals surface area contributed by atoms with E-state index in [1.807, 2.05) is 6.07 Å². The van der Waals surface area contributed by atoms with Crippen LogP contribution < -0.4 is 14.8 Å². The van der Waals surface area contributed by atoms with Crippen molar-refractivity contribution in [1.29, 1.82) is 5.26 Å². The van der Waals surface area contributed by atoms with Crippen molar-refractivity contribution in [2.45, 2.75) is 0 Å². The van der Waals surface area contributed by atoms with E-state index in [0.717, 1.165) is 4.47 Å². The van der Waals surface area contributed by atoms with Gasteiger partial charge >= 0.3 is 0 Å². The summed E-state index contributed by atoms with van der Waals surface area (Å²) in [5, 5.41) is 12.3. The summed E-state index contributed by atoms with van der Waals surface area (Å²) in [7, 11) is 2.96. The summed E-state index contributed by atoms with van der Waals surface area (Å²) in [6, 6.07) is 12.2. The number of anilines is 1. The average Bonchev–Trinajstić information content (AvgIpc) is 2.60. The van der Waals surface area contributed by atoms with Crippen molar-refractivity contribution >= 4 is 45.2 Å². The van der Waals surface area contributed by atoms with Crippen molar-refractivity contribution < 1.29 is 14.3 Å². The van der Waals surface area contributed by atoms with Gasteiger partial charge in [0.15, 0.2) is 11.5 Å². The van der Waals surface area contributed by atoms with Crippen molar-refractivity contribution in [2.24, 2.45) is 0 Å². The van der Waals surface area contributed by atoms with Gasteiger partial charge in [0.1, 0.15) is 11.6 Å². The first-order valence-corrected chi connectivity index (χ1v) is 8.25. The van der Waals surface area contributed by atoms with E-state index in [0.29, 0.717) is 27.8 Å². The third-order valence-electron chi connectivity index (χ3n) is 3.23. The molecule has 0 aliphatic carbocycles. The Labute approximate surface area is 158 Å². The van der Waals surface area contributed by atoms with Crippen LogP contribution in [0.3, 0.4) is 0 Å². The molecule has 0 aliphatic rings. The van der Waals surface area contributed by atoms with Gasteiger partial charge in [-0.25, -0.2) is 0 Å². The second kappa shape index (κ2) is 8.56. The van der Waals surface area contributed by atoms with E-state index in [4.69, 9.17) is 21.1 Å². The van der Waals surface area contributed by atoms with Crippen molar-refractivity contribution in [3.8, 4) is 17.6 Å². The Kier molecular flexibility index (Phi) is 6.45. The maximum absolute atomic E-state index is 12.3. The smallest absolute Gasteiger partial charge is 0.266 e. The maximum Gasteiger partial charge on any atom is 0.266 e. The largest absolute Gasteiger partial charge is 0.493 e. The molecular weight excluding hydrogens is 408 g/mol. The summed E-state index contributed by atoms with van der Waals surface area (Å²) in [6.45, 7) is 0. The molecule has 5 nitrogen and oxygen atoms in total. The van der Waals surface area contributed by atoms with Gasteiger partial charge in [-0.1, -0.05) is 27.5 Å². The molecule has 0 heterocycles. The van der Waals surface area contributed by atoms with E-state index in [2.05, 4.69) is 21.2 Å². The number of hydrogen-bond acceptors (Lipinski definition) is 4. The molecule has 128 valence electrons. The van der Waals surface area contributed by atoms with E-state index >= 15 is 0 Å². The molecule has 0 bridgehead atoms. The average molecular weight is 422 g/mol. The zero-order chi connectivity index (χ0) is 18.4. The minimum Gasteiger partial charge on any atom is -0.493 e. The van der Waals surface area contributed by atoms with Gasteiger partial charge in [-0.15, -0.1) is 0 Å². The van der Waals surface area contributed by atoms with Crippen LogP contribution in [0.25, 0.3) is 6.08 Å². The summed E-state index contributed by atoms with van der Waals surface area (Å²) in [5.74, 6) is 0.279. The van der Waals surface area contributed by atoms with Crippen LogP contribution in [0, 0.1) is 11.3 Å². The van der Waals surface area contributed by atoms with Gasteiger partial charge in [0.05, 0.1) is 19.2 Å². The number of nitrogens with one attached hydrogen (secondary N) is 1. The molecule has 0 saturated carbocycles. The van der Waals surface area contributed by atoms with Gasteiger partial charge in [0.2, 0.25) is 0 Å². The predicted molar refractivity (Wildman–Crippen MR) is 101 cm³/mol. The molecule has 25 heavy (non-hydrogen) atoms. The van der Waals surface area contributed by atoms with Gasteiger partial charge in [0.25, 0.3) is 5.91 Å². The number of methoxy groups -OCH3 is 2. The Bertz CT molecular complexity index is 858. The van der Waals surface area contributed by atoms with Crippen LogP contribution in [0.2, 0.25) is 5.02 Å². The highest BCUT2D eigenvalue weighted by molar-refractivity contribution is 9.10. The minimum atomic E-state index is -0.518. The molecule has 2 rings (SSSR count). The second-order valence-electron chi connectivity index (χ2n) is 4.87. The summed E-state index contributed by atoms with van der Waals surface area (Å²) >= 11 is 9.46. The molecule has 0 fully saturated rings. The van der Waals surface area contributed by atoms with Gasteiger partial charge in [-0.3, -0.25) is 4.79 Å². The van der Waals surface area contributed by atoms with Gasteiger partial charge in [-0.05, 0) is 48.0 Å². The quantitative estimate of drug-likeness (QED) is 0.563. The van der Waals surface area contributed by atoms with E-state index in [-0.39, 0.29) is 5.57 Å². The molecule has 1 N–H and O–H groups in total. The highest BCUT2D eigenvalue weighted by Crippen LogP contribution is 2.36. The first-order valence-electron chi connectivity index (χ1n) is 7.08. The van der Waals surface area contributed by atoms with Crippen molar-refractivity contribution in [2.75, 3.05) is 19.5 Å². The monoisotopic (exact) mass is 420 g/mol. The number of carbonyl (C=O) groups excluding carboxylic acids is 1. The van der Waals surface area contributed by atoms with Gasteiger partial charge < -0.3 is 14.8 Å². The highest BCUT2D eigenvalue weighted by atomic mass is 79.9. The first kappa shape index (κ1) is 18.8. The second-order valence-corrected chi connectivity index (χ2v) is 6.19. The Morgan fingerprint density at radius 2 is 1.92 bits per heavy atom. The summed E-state index contributed by atoms with van der Waals surface area (Å²) in [5.41, 5.74) is 1.07. The van der Waals surface area contributed by atoms with E-state index in [1.54, 1.807) is 36.4 Å². The number of ether oxygens (including phenoxy) is 2. The number of halogens is 2. The molecule has 0 saturated heterocycles. The standard InChI is InChI=1S/C18H14BrClN2O3/c1-24-16-9-11(8-15(20)17(16)25-2)7-12(10-21)18(23)22-14-5-3-13(19)4-6-14/h3-9H,1-2H3,(H,22,23)/b12-7-. The molecule has 0 spiro atoms. The van der Waals surface area contributed by atoms with E-state index in [9.17, 15) is 10.1 Å². The Hall–Kier alpha value is -2.49. The Balaban J connectivity index is 2.30. The Morgan fingerprint density at radius 1 is 1.24 bits per heavy atom. The lowest BCUT2D eigenvalue weighted by Crippen LogP contribution is -2.13. The van der Waals surface area contributed by atoms with Crippen LogP contribution in [-0.4, -0.2) is 20.1 Å². The van der Waals surface area contributed by atoms with E-state index in [1.165, 1.54) is 20.3 Å². The highest BCUT2D eigenvalue weighted by Gasteiger charge is 2.13. The number of hydrogen-bond donors (Lipinski definition) is 1. The summed E-state index contributed by atoms with van der Waals surface area (Å²) in [4.78, 5) is 12.3. The molecular formula is C18H14BrClN2O3. The fourth-order valence-electron chi connectivity index (χ4n) is 2.07. The summed E-state index contributed by atoms with van der Waals surface area (Å²) in [6.07, 6.45) is 1.43. The van der Waals surface area contributed by atoms with Crippen LogP contribution in [0.15, 0.2) is 46.4 Å². The molecule has 0 unspecified atom stereocenters. The molecule has 0 aliphatic heterocycles. The van der Waals surface area contributed by atoms with Crippen molar-refractivity contribution in [1.82, 2.24) is 0 Å². The Morgan fingerprint density at radius 3 is 2.48 bits per heavy atom. The molecule has 7 heteroatoms. The number of rotatable bonds is 5. The van der Waals surface area contributed by atoms with Crippen molar-refractivity contribution in [3.63, 3.8) is 0 Å². The van der Waals surface area contributed by atoms with Crippen LogP contribution in [0.4, 0.5) is 5.69 Å². The third-order valence-corrected chi connectivity index (χ3v) is 4.04. The van der Waals surface area contributed by atoms with Crippen LogP contribution >= 0.6 is 27.5 Å². The first-order chi connectivity index (χ1) is 12.0.